The molecule has 0 aliphatic rings. The smallest absolute Gasteiger partial charge is 0.187 e. The molecule has 0 unspecified atom stereocenters. The summed E-state index contributed by atoms with van der Waals surface area (Å²) in [6.45, 7) is 2.41. The van der Waals surface area contributed by atoms with E-state index in [0.29, 0.717) is 12.2 Å². The lowest BCUT2D eigenvalue weighted by atomic mass is 10.0. The summed E-state index contributed by atoms with van der Waals surface area (Å²) in [5, 5.41) is 20.9. The van der Waals surface area contributed by atoms with E-state index in [1.165, 1.54) is 5.56 Å². The van der Waals surface area contributed by atoms with Gasteiger partial charge < -0.3 is 9.94 Å². The van der Waals surface area contributed by atoms with Crippen molar-refractivity contribution in [1.29, 1.82) is 5.26 Å². The predicted molar refractivity (Wildman–Crippen MR) is 80.5 cm³/mol. The largest absolute Gasteiger partial charge is 0.489 e. The molecular weight excluding hydrogens is 264 g/mol. The van der Waals surface area contributed by atoms with Gasteiger partial charge in [-0.25, -0.2) is 0 Å². The minimum Gasteiger partial charge on any atom is -0.489 e. The Kier molecular flexibility index (Phi) is 4.94. The predicted octanol–water partition coefficient (Wildman–Crippen LogP) is 3.53. The quantitative estimate of drug-likeness (QED) is 0.517. The lowest BCUT2D eigenvalue weighted by molar-refractivity contribution is 0.305. The summed E-state index contributed by atoms with van der Waals surface area (Å²) < 4.78 is 5.73. The highest BCUT2D eigenvalue weighted by Crippen LogP contribution is 2.17. The van der Waals surface area contributed by atoms with Crippen LogP contribution >= 0.6 is 0 Å². The molecule has 4 heteroatoms. The maximum Gasteiger partial charge on any atom is 0.187 e. The maximum absolute atomic E-state index is 8.97. The highest BCUT2D eigenvalue weighted by atomic mass is 16.5. The standard InChI is InChI=1S/C17H16N2O2/c1-2-13-7-9-15(10-8-13)21-12-14-5-3-4-6-16(14)17(11-18)19-20/h3-10,20H,2,12H2,1H3/b19-17-. The summed E-state index contributed by atoms with van der Waals surface area (Å²) in [6.07, 6.45) is 0.988. The van der Waals surface area contributed by atoms with Crippen LogP contribution in [0.1, 0.15) is 23.6 Å². The van der Waals surface area contributed by atoms with Crippen LogP contribution in [0.5, 0.6) is 5.75 Å². The molecule has 0 saturated heterocycles. The Bertz CT molecular complexity index is 670. The normalized spacial score (nSPS) is 11.0. The molecule has 0 bridgehead atoms. The summed E-state index contributed by atoms with van der Waals surface area (Å²) in [5.74, 6) is 0.765. The van der Waals surface area contributed by atoms with Gasteiger partial charge in [0, 0.05) is 5.56 Å². The molecule has 1 N–H and O–H groups in total. The second-order valence-corrected chi connectivity index (χ2v) is 4.50. The zero-order chi connectivity index (χ0) is 15.1. The average molecular weight is 280 g/mol. The van der Waals surface area contributed by atoms with Crippen molar-refractivity contribution in [1.82, 2.24) is 0 Å². The zero-order valence-corrected chi connectivity index (χ0v) is 11.8. The number of benzene rings is 2. The summed E-state index contributed by atoms with van der Waals surface area (Å²) >= 11 is 0. The van der Waals surface area contributed by atoms with Crippen molar-refractivity contribution >= 4 is 5.71 Å². The third-order valence-corrected chi connectivity index (χ3v) is 3.20. The number of ether oxygens (including phenoxy) is 1. The number of rotatable bonds is 5. The molecule has 0 saturated carbocycles. The first kappa shape index (κ1) is 14.6. The Labute approximate surface area is 123 Å². The molecule has 21 heavy (non-hydrogen) atoms. The van der Waals surface area contributed by atoms with Crippen LogP contribution in [-0.4, -0.2) is 10.9 Å². The molecule has 0 radical (unpaired) electrons. The highest BCUT2D eigenvalue weighted by Gasteiger charge is 2.09. The van der Waals surface area contributed by atoms with Crippen molar-refractivity contribution in [3.8, 4) is 11.8 Å². The van der Waals surface area contributed by atoms with Gasteiger partial charge in [0.1, 0.15) is 18.4 Å². The van der Waals surface area contributed by atoms with Gasteiger partial charge in [-0.3, -0.25) is 0 Å². The molecule has 0 heterocycles. The number of oxime groups is 1. The van der Waals surface area contributed by atoms with E-state index in [4.69, 9.17) is 15.2 Å². The molecule has 2 rings (SSSR count). The monoisotopic (exact) mass is 280 g/mol. The lowest BCUT2D eigenvalue weighted by Gasteiger charge is -2.10. The first-order chi connectivity index (χ1) is 10.3. The third kappa shape index (κ3) is 3.61. The molecule has 106 valence electrons. The van der Waals surface area contributed by atoms with Crippen LogP contribution < -0.4 is 4.74 Å². The Morgan fingerprint density at radius 3 is 2.52 bits per heavy atom. The van der Waals surface area contributed by atoms with Gasteiger partial charge in [-0.05, 0) is 29.7 Å². The fourth-order valence-corrected chi connectivity index (χ4v) is 2.00. The summed E-state index contributed by atoms with van der Waals surface area (Å²) in [5.41, 5.74) is 2.61. The van der Waals surface area contributed by atoms with E-state index in [1.807, 2.05) is 42.5 Å². The Balaban J connectivity index is 2.15. The van der Waals surface area contributed by atoms with Crippen LogP contribution in [0, 0.1) is 11.3 Å². The van der Waals surface area contributed by atoms with E-state index in [1.54, 1.807) is 12.1 Å². The van der Waals surface area contributed by atoms with E-state index >= 15 is 0 Å². The van der Waals surface area contributed by atoms with Gasteiger partial charge in [0.05, 0.1) is 0 Å². The van der Waals surface area contributed by atoms with E-state index < -0.39 is 0 Å². The van der Waals surface area contributed by atoms with Gasteiger partial charge in [0.2, 0.25) is 0 Å². The maximum atomic E-state index is 8.97. The fraction of sp³-hybridized carbons (Fsp3) is 0.176. The molecule has 0 atom stereocenters. The van der Waals surface area contributed by atoms with Gasteiger partial charge in [-0.1, -0.05) is 48.5 Å². The van der Waals surface area contributed by atoms with E-state index in [2.05, 4.69) is 12.1 Å². The first-order valence-corrected chi connectivity index (χ1v) is 6.70. The minimum absolute atomic E-state index is 0.0180. The minimum atomic E-state index is -0.0180. The van der Waals surface area contributed by atoms with Crippen LogP contribution in [0.15, 0.2) is 53.7 Å². The van der Waals surface area contributed by atoms with Crippen LogP contribution in [0.4, 0.5) is 0 Å². The van der Waals surface area contributed by atoms with Gasteiger partial charge >= 0.3 is 0 Å². The second kappa shape index (κ2) is 7.11. The molecule has 0 amide bonds. The number of aryl methyl sites for hydroxylation is 1. The van der Waals surface area contributed by atoms with Gasteiger partial charge in [0.25, 0.3) is 0 Å². The molecule has 2 aromatic rings. The van der Waals surface area contributed by atoms with E-state index in [9.17, 15) is 0 Å². The SMILES string of the molecule is CCc1ccc(OCc2ccccc2/C(C#N)=N\O)cc1. The van der Waals surface area contributed by atoms with Crippen LogP contribution in [0.2, 0.25) is 0 Å². The number of nitrogens with zero attached hydrogens (tertiary/aromatic N) is 2. The third-order valence-electron chi connectivity index (χ3n) is 3.20. The molecule has 0 aliphatic heterocycles. The highest BCUT2D eigenvalue weighted by molar-refractivity contribution is 6.12. The molecule has 4 nitrogen and oxygen atoms in total. The van der Waals surface area contributed by atoms with Crippen LogP contribution in [0.3, 0.4) is 0 Å². The Hall–Kier alpha value is -2.80. The van der Waals surface area contributed by atoms with Crippen molar-refractivity contribution in [2.45, 2.75) is 20.0 Å². The fourth-order valence-electron chi connectivity index (χ4n) is 2.00. The Morgan fingerprint density at radius 2 is 1.90 bits per heavy atom. The molecule has 0 aliphatic carbocycles. The topological polar surface area (TPSA) is 65.6 Å². The number of nitriles is 1. The summed E-state index contributed by atoms with van der Waals surface area (Å²) in [7, 11) is 0. The van der Waals surface area contributed by atoms with E-state index in [0.717, 1.165) is 17.7 Å². The molecule has 0 spiro atoms. The lowest BCUT2D eigenvalue weighted by Crippen LogP contribution is -2.05. The van der Waals surface area contributed by atoms with E-state index in [-0.39, 0.29) is 5.71 Å². The summed E-state index contributed by atoms with van der Waals surface area (Å²) in [6, 6.07) is 17.0. The molecule has 0 aromatic heterocycles. The second-order valence-electron chi connectivity index (χ2n) is 4.50. The van der Waals surface area contributed by atoms with Crippen molar-refractivity contribution in [3.05, 3.63) is 65.2 Å². The molecular formula is C17H16N2O2. The van der Waals surface area contributed by atoms with Crippen LogP contribution in [0.25, 0.3) is 0 Å². The molecule has 0 fully saturated rings. The molecule has 2 aromatic carbocycles. The zero-order valence-electron chi connectivity index (χ0n) is 11.8. The number of hydrogen-bond acceptors (Lipinski definition) is 4. The van der Waals surface area contributed by atoms with Gasteiger partial charge in [0.15, 0.2) is 5.71 Å². The van der Waals surface area contributed by atoms with Gasteiger partial charge in [-0.2, -0.15) is 5.26 Å². The van der Waals surface area contributed by atoms with Gasteiger partial charge in [-0.15, -0.1) is 0 Å². The van der Waals surface area contributed by atoms with Crippen molar-refractivity contribution in [2.24, 2.45) is 5.16 Å². The van der Waals surface area contributed by atoms with Crippen molar-refractivity contribution < 1.29 is 9.94 Å². The number of hydrogen-bond donors (Lipinski definition) is 1. The van der Waals surface area contributed by atoms with Crippen molar-refractivity contribution in [2.75, 3.05) is 0 Å². The average Bonchev–Trinajstić information content (AvgIpc) is 2.55. The first-order valence-electron chi connectivity index (χ1n) is 6.70. The summed E-state index contributed by atoms with van der Waals surface area (Å²) in [4.78, 5) is 0. The Morgan fingerprint density at radius 1 is 1.19 bits per heavy atom. The van der Waals surface area contributed by atoms with Crippen molar-refractivity contribution in [3.63, 3.8) is 0 Å². The van der Waals surface area contributed by atoms with Crippen LogP contribution in [-0.2, 0) is 13.0 Å².